The average molecular weight is 434 g/mol. The summed E-state index contributed by atoms with van der Waals surface area (Å²) in [6.07, 6.45) is 0. The zero-order chi connectivity index (χ0) is 18.9. The van der Waals surface area contributed by atoms with Gasteiger partial charge >= 0.3 is 5.97 Å². The number of aromatic nitrogens is 2. The molecular formula is C20H18BrClN2O2. The molecule has 0 aliphatic carbocycles. The van der Waals surface area contributed by atoms with Crippen LogP contribution in [-0.4, -0.2) is 15.7 Å². The molecule has 0 N–H and O–H groups in total. The highest BCUT2D eigenvalue weighted by Gasteiger charge is 2.23. The Morgan fingerprint density at radius 2 is 1.69 bits per heavy atom. The Hall–Kier alpha value is -2.11. The van der Waals surface area contributed by atoms with Crippen molar-refractivity contribution in [3.63, 3.8) is 0 Å². The number of esters is 1. The Morgan fingerprint density at radius 1 is 1.08 bits per heavy atom. The first kappa shape index (κ1) is 18.7. The Labute approximate surface area is 165 Å². The third-order valence-corrected chi connectivity index (χ3v) is 4.57. The van der Waals surface area contributed by atoms with Gasteiger partial charge < -0.3 is 4.74 Å². The first-order valence-electron chi connectivity index (χ1n) is 8.08. The maximum atomic E-state index is 12.5. The summed E-state index contributed by atoms with van der Waals surface area (Å²) in [5.74, 6) is -0.0711. The standard InChI is InChI=1S/C20H18BrClN2O2/c1-20(2,3)17-12-18(24(23-17)16-10-8-15(22)9-11-16)26-19(25)13-4-6-14(21)7-5-13/h4-12H,1-3H3. The molecule has 2 aromatic carbocycles. The summed E-state index contributed by atoms with van der Waals surface area (Å²) < 4.78 is 8.16. The van der Waals surface area contributed by atoms with Gasteiger partial charge in [-0.05, 0) is 48.5 Å². The maximum Gasteiger partial charge on any atom is 0.344 e. The van der Waals surface area contributed by atoms with Crippen LogP contribution in [0.5, 0.6) is 5.88 Å². The largest absolute Gasteiger partial charge is 0.404 e. The van der Waals surface area contributed by atoms with E-state index in [9.17, 15) is 4.79 Å². The van der Waals surface area contributed by atoms with Gasteiger partial charge in [0.05, 0.1) is 16.9 Å². The number of halogens is 2. The predicted molar refractivity (Wildman–Crippen MR) is 106 cm³/mol. The smallest absolute Gasteiger partial charge is 0.344 e. The minimum Gasteiger partial charge on any atom is -0.404 e. The fraction of sp³-hybridized carbons (Fsp3) is 0.200. The molecular weight excluding hydrogens is 416 g/mol. The zero-order valence-electron chi connectivity index (χ0n) is 14.7. The van der Waals surface area contributed by atoms with Gasteiger partial charge in [-0.1, -0.05) is 48.3 Å². The average Bonchev–Trinajstić information content (AvgIpc) is 3.00. The third kappa shape index (κ3) is 4.17. The molecule has 0 aliphatic heterocycles. The van der Waals surface area contributed by atoms with Crippen LogP contribution in [0, 0.1) is 0 Å². The van der Waals surface area contributed by atoms with E-state index in [4.69, 9.17) is 16.3 Å². The minimum atomic E-state index is -0.437. The van der Waals surface area contributed by atoms with Crippen LogP contribution < -0.4 is 4.74 Å². The van der Waals surface area contributed by atoms with E-state index >= 15 is 0 Å². The minimum absolute atomic E-state index is 0.184. The molecule has 0 unspecified atom stereocenters. The summed E-state index contributed by atoms with van der Waals surface area (Å²) in [7, 11) is 0. The van der Waals surface area contributed by atoms with Gasteiger partial charge in [0.15, 0.2) is 0 Å². The lowest BCUT2D eigenvalue weighted by Crippen LogP contribution is -2.13. The molecule has 0 amide bonds. The highest BCUT2D eigenvalue weighted by Crippen LogP contribution is 2.28. The van der Waals surface area contributed by atoms with Crippen LogP contribution in [0.4, 0.5) is 0 Å². The second-order valence-corrected chi connectivity index (χ2v) is 8.25. The molecule has 0 bridgehead atoms. The number of rotatable bonds is 3. The van der Waals surface area contributed by atoms with Crippen LogP contribution in [0.25, 0.3) is 5.69 Å². The molecule has 26 heavy (non-hydrogen) atoms. The van der Waals surface area contributed by atoms with Crippen molar-refractivity contribution >= 4 is 33.5 Å². The van der Waals surface area contributed by atoms with E-state index in [2.05, 4.69) is 41.8 Å². The van der Waals surface area contributed by atoms with Crippen molar-refractivity contribution in [2.45, 2.75) is 26.2 Å². The fourth-order valence-electron chi connectivity index (χ4n) is 2.31. The highest BCUT2D eigenvalue weighted by molar-refractivity contribution is 9.10. The number of hydrogen-bond donors (Lipinski definition) is 0. The number of ether oxygens (including phenoxy) is 1. The predicted octanol–water partition coefficient (Wildman–Crippen LogP) is 5.80. The number of carbonyl (C=O) groups excluding carboxylic acids is 1. The van der Waals surface area contributed by atoms with Crippen LogP contribution in [0.3, 0.4) is 0 Å². The van der Waals surface area contributed by atoms with Gasteiger partial charge in [0, 0.05) is 21.0 Å². The van der Waals surface area contributed by atoms with Crippen molar-refractivity contribution in [2.75, 3.05) is 0 Å². The molecule has 6 heteroatoms. The summed E-state index contributed by atoms with van der Waals surface area (Å²) in [6, 6.07) is 16.0. The van der Waals surface area contributed by atoms with Gasteiger partial charge in [-0.25, -0.2) is 9.48 Å². The number of carbonyl (C=O) groups is 1. The molecule has 3 rings (SSSR count). The lowest BCUT2D eigenvalue weighted by atomic mass is 9.93. The second kappa shape index (κ2) is 7.25. The van der Waals surface area contributed by atoms with Gasteiger partial charge in [-0.3, -0.25) is 0 Å². The molecule has 0 aliphatic rings. The molecule has 0 saturated carbocycles. The van der Waals surface area contributed by atoms with Crippen molar-refractivity contribution in [1.29, 1.82) is 0 Å². The van der Waals surface area contributed by atoms with Gasteiger partial charge in [0.2, 0.25) is 5.88 Å². The highest BCUT2D eigenvalue weighted by atomic mass is 79.9. The zero-order valence-corrected chi connectivity index (χ0v) is 17.0. The lowest BCUT2D eigenvalue weighted by molar-refractivity contribution is 0.0723. The molecule has 134 valence electrons. The first-order valence-corrected chi connectivity index (χ1v) is 9.25. The Morgan fingerprint density at radius 3 is 2.27 bits per heavy atom. The maximum absolute atomic E-state index is 12.5. The van der Waals surface area contributed by atoms with E-state index in [1.165, 1.54) is 0 Å². The van der Waals surface area contributed by atoms with Crippen molar-refractivity contribution in [2.24, 2.45) is 0 Å². The SMILES string of the molecule is CC(C)(C)c1cc(OC(=O)c2ccc(Br)cc2)n(-c2ccc(Cl)cc2)n1. The summed E-state index contributed by atoms with van der Waals surface area (Å²) in [5.41, 5.74) is 1.88. The van der Waals surface area contributed by atoms with Gasteiger partial charge in [-0.2, -0.15) is 5.10 Å². The third-order valence-electron chi connectivity index (χ3n) is 3.79. The Balaban J connectivity index is 1.99. The van der Waals surface area contributed by atoms with E-state index in [-0.39, 0.29) is 5.41 Å². The second-order valence-electron chi connectivity index (χ2n) is 6.90. The van der Waals surface area contributed by atoms with Crippen LogP contribution in [0.2, 0.25) is 5.02 Å². The van der Waals surface area contributed by atoms with Crippen molar-refractivity contribution in [3.05, 3.63) is 75.4 Å². The molecule has 0 fully saturated rings. The van der Waals surface area contributed by atoms with Crippen LogP contribution in [0.15, 0.2) is 59.1 Å². The fourth-order valence-corrected chi connectivity index (χ4v) is 2.70. The molecule has 3 aromatic rings. The summed E-state index contributed by atoms with van der Waals surface area (Å²) in [5, 5.41) is 5.26. The van der Waals surface area contributed by atoms with Gasteiger partial charge in [0.25, 0.3) is 0 Å². The van der Waals surface area contributed by atoms with E-state index in [0.29, 0.717) is 16.5 Å². The monoisotopic (exact) mass is 432 g/mol. The molecule has 4 nitrogen and oxygen atoms in total. The normalized spacial score (nSPS) is 11.4. The Bertz CT molecular complexity index is 926. The van der Waals surface area contributed by atoms with Crippen molar-refractivity contribution in [1.82, 2.24) is 9.78 Å². The molecule has 0 spiro atoms. The van der Waals surface area contributed by atoms with E-state index in [1.807, 2.05) is 12.1 Å². The quantitative estimate of drug-likeness (QED) is 0.490. The van der Waals surface area contributed by atoms with Crippen LogP contribution >= 0.6 is 27.5 Å². The molecule has 0 radical (unpaired) electrons. The number of nitrogens with zero attached hydrogens (tertiary/aromatic N) is 2. The summed E-state index contributed by atoms with van der Waals surface area (Å²) in [4.78, 5) is 12.5. The Kier molecular flexibility index (Phi) is 5.21. The lowest BCUT2D eigenvalue weighted by Gasteiger charge is -2.13. The van der Waals surface area contributed by atoms with E-state index < -0.39 is 5.97 Å². The van der Waals surface area contributed by atoms with E-state index in [1.54, 1.807) is 47.1 Å². The first-order chi connectivity index (χ1) is 12.2. The van der Waals surface area contributed by atoms with Gasteiger partial charge in [0.1, 0.15) is 0 Å². The number of hydrogen-bond acceptors (Lipinski definition) is 3. The topological polar surface area (TPSA) is 44.1 Å². The van der Waals surface area contributed by atoms with Gasteiger partial charge in [-0.15, -0.1) is 0 Å². The molecule has 1 aromatic heterocycles. The van der Waals surface area contributed by atoms with Crippen LogP contribution in [0.1, 0.15) is 36.8 Å². The van der Waals surface area contributed by atoms with Crippen molar-refractivity contribution < 1.29 is 9.53 Å². The molecule has 0 atom stereocenters. The summed E-state index contributed by atoms with van der Waals surface area (Å²) >= 11 is 9.33. The summed E-state index contributed by atoms with van der Waals surface area (Å²) in [6.45, 7) is 6.17. The number of benzene rings is 2. The molecule has 0 saturated heterocycles. The van der Waals surface area contributed by atoms with Crippen LogP contribution in [-0.2, 0) is 5.41 Å². The molecule has 1 heterocycles. The van der Waals surface area contributed by atoms with Crippen molar-refractivity contribution in [3.8, 4) is 11.6 Å². The van der Waals surface area contributed by atoms with E-state index in [0.717, 1.165) is 15.9 Å².